The van der Waals surface area contributed by atoms with Gasteiger partial charge in [0.05, 0.1) is 17.9 Å². The molecule has 9 nitrogen and oxygen atoms in total. The number of hydrogen-bond acceptors (Lipinski definition) is 8. The average Bonchev–Trinajstić information content (AvgIpc) is 3.57. The maximum Gasteiger partial charge on any atom is 0.259 e. The monoisotopic (exact) mass is 542 g/mol. The Morgan fingerprint density at radius 1 is 1.08 bits per heavy atom. The summed E-state index contributed by atoms with van der Waals surface area (Å²) in [5.74, 6) is 0.569. The highest BCUT2D eigenvalue weighted by atomic mass is 32.2. The lowest BCUT2D eigenvalue weighted by Gasteiger charge is -2.25. The highest BCUT2D eigenvalue weighted by Gasteiger charge is 2.41. The van der Waals surface area contributed by atoms with Crippen molar-refractivity contribution in [2.75, 3.05) is 0 Å². The van der Waals surface area contributed by atoms with Gasteiger partial charge in [-0.05, 0) is 42.1 Å². The van der Waals surface area contributed by atoms with Gasteiger partial charge in [0.25, 0.3) is 11.5 Å². The fourth-order valence-electron chi connectivity index (χ4n) is 4.36. The van der Waals surface area contributed by atoms with E-state index in [1.54, 1.807) is 29.7 Å². The third-order valence-electron chi connectivity index (χ3n) is 6.21. The molecule has 0 aliphatic carbocycles. The van der Waals surface area contributed by atoms with Crippen LogP contribution in [0, 0.1) is 0 Å². The third-order valence-corrected chi connectivity index (χ3v) is 8.05. The molecule has 0 bridgehead atoms. The van der Waals surface area contributed by atoms with E-state index < -0.39 is 6.04 Å². The average molecular weight is 543 g/mol. The van der Waals surface area contributed by atoms with E-state index in [0.717, 1.165) is 16.1 Å². The number of para-hydroxylation sites is 1. The summed E-state index contributed by atoms with van der Waals surface area (Å²) in [6.45, 7) is 0.475. The molecule has 5 heterocycles. The Hall–Kier alpha value is -4.09. The van der Waals surface area contributed by atoms with Crippen molar-refractivity contribution in [2.24, 2.45) is 9.98 Å². The van der Waals surface area contributed by atoms with Crippen LogP contribution in [0.1, 0.15) is 29.0 Å². The van der Waals surface area contributed by atoms with Gasteiger partial charge in [0.15, 0.2) is 5.17 Å². The summed E-state index contributed by atoms with van der Waals surface area (Å²) in [6.07, 6.45) is 2.18. The summed E-state index contributed by atoms with van der Waals surface area (Å²) in [6, 6.07) is 17.7. The fraction of sp³-hybridized carbons (Fsp3) is 0.185. The predicted octanol–water partition coefficient (Wildman–Crippen LogP) is 3.74. The third kappa shape index (κ3) is 4.77. The molecule has 0 spiro atoms. The molecule has 2 aliphatic rings. The molecule has 1 aromatic carbocycles. The van der Waals surface area contributed by atoms with Crippen LogP contribution in [0.2, 0.25) is 0 Å². The highest BCUT2D eigenvalue weighted by molar-refractivity contribution is 8.13. The van der Waals surface area contributed by atoms with Crippen LogP contribution < -0.4 is 10.9 Å². The number of amidine groups is 2. The smallest absolute Gasteiger partial charge is 0.259 e. The maximum atomic E-state index is 13.5. The molecule has 38 heavy (non-hydrogen) atoms. The molecule has 190 valence electrons. The molecule has 0 unspecified atom stereocenters. The second-order valence-corrected chi connectivity index (χ2v) is 10.7. The van der Waals surface area contributed by atoms with Gasteiger partial charge in [-0.2, -0.15) is 0 Å². The standard InChI is InChI=1S/C27H22N6O3S2/c34-23(28-15-18-6-5-13-37-18)11-10-21-26(36)33-25(30-21)19-7-1-2-8-20(19)31-27(33)38-16-17-14-24(35)32-12-4-3-9-22(32)29-17/h1-9,12-14,21H,10-11,15-16H2,(H,28,34)/t21-/m1/s1. The van der Waals surface area contributed by atoms with E-state index in [1.807, 2.05) is 47.8 Å². The van der Waals surface area contributed by atoms with E-state index in [-0.39, 0.29) is 23.8 Å². The van der Waals surface area contributed by atoms with Crippen LogP contribution in [0.3, 0.4) is 0 Å². The Labute approximate surface area is 226 Å². The first kappa shape index (κ1) is 24.3. The van der Waals surface area contributed by atoms with Crippen molar-refractivity contribution in [1.29, 1.82) is 0 Å². The molecular weight excluding hydrogens is 520 g/mol. The summed E-state index contributed by atoms with van der Waals surface area (Å²) in [5.41, 5.74) is 2.48. The number of hydrogen-bond donors (Lipinski definition) is 1. The molecule has 4 aromatic rings. The molecule has 0 saturated carbocycles. The molecule has 1 N–H and O–H groups in total. The second-order valence-electron chi connectivity index (χ2n) is 8.75. The number of carbonyl (C=O) groups excluding carboxylic acids is 2. The van der Waals surface area contributed by atoms with E-state index in [0.29, 0.717) is 41.1 Å². The van der Waals surface area contributed by atoms with E-state index in [4.69, 9.17) is 9.98 Å². The number of nitrogens with zero attached hydrogens (tertiary/aromatic N) is 5. The van der Waals surface area contributed by atoms with Gasteiger partial charge in [0, 0.05) is 34.9 Å². The Bertz CT molecular complexity index is 1660. The van der Waals surface area contributed by atoms with Gasteiger partial charge in [-0.25, -0.2) is 14.9 Å². The number of thiophene rings is 1. The number of aliphatic imine (C=N–C) groups is 2. The zero-order valence-corrected chi connectivity index (χ0v) is 21.7. The zero-order chi connectivity index (χ0) is 26.1. The van der Waals surface area contributed by atoms with Crippen LogP contribution in [0.5, 0.6) is 0 Å². The van der Waals surface area contributed by atoms with Gasteiger partial charge in [0.2, 0.25) is 5.91 Å². The number of carbonyl (C=O) groups is 2. The predicted molar refractivity (Wildman–Crippen MR) is 149 cm³/mol. The van der Waals surface area contributed by atoms with Gasteiger partial charge in [0.1, 0.15) is 17.5 Å². The van der Waals surface area contributed by atoms with Crippen molar-refractivity contribution in [3.63, 3.8) is 0 Å². The lowest BCUT2D eigenvalue weighted by atomic mass is 10.1. The van der Waals surface area contributed by atoms with E-state index in [9.17, 15) is 14.4 Å². The van der Waals surface area contributed by atoms with Crippen molar-refractivity contribution < 1.29 is 9.59 Å². The lowest BCUT2D eigenvalue weighted by molar-refractivity contribution is -0.125. The number of aromatic nitrogens is 2. The molecule has 0 saturated heterocycles. The van der Waals surface area contributed by atoms with Crippen LogP contribution >= 0.6 is 23.1 Å². The summed E-state index contributed by atoms with van der Waals surface area (Å²) in [5, 5.41) is 5.35. The van der Waals surface area contributed by atoms with Crippen molar-refractivity contribution in [3.05, 3.63) is 98.7 Å². The van der Waals surface area contributed by atoms with Gasteiger partial charge in [-0.15, -0.1) is 11.3 Å². The Morgan fingerprint density at radius 3 is 2.82 bits per heavy atom. The van der Waals surface area contributed by atoms with Crippen molar-refractivity contribution >= 4 is 57.3 Å². The number of amides is 2. The number of benzene rings is 1. The fourth-order valence-corrected chi connectivity index (χ4v) is 5.90. The molecule has 3 aromatic heterocycles. The topological polar surface area (TPSA) is 108 Å². The number of nitrogens with one attached hydrogen (secondary N) is 1. The Morgan fingerprint density at radius 2 is 1.95 bits per heavy atom. The molecule has 2 amide bonds. The van der Waals surface area contributed by atoms with Gasteiger partial charge >= 0.3 is 0 Å². The van der Waals surface area contributed by atoms with E-state index in [1.165, 1.54) is 27.1 Å². The van der Waals surface area contributed by atoms with E-state index in [2.05, 4.69) is 10.3 Å². The number of fused-ring (bicyclic) bond motifs is 4. The molecule has 11 heteroatoms. The number of thioether (sulfide) groups is 1. The molecule has 6 rings (SSSR count). The highest BCUT2D eigenvalue weighted by Crippen LogP contribution is 2.34. The minimum absolute atomic E-state index is 0.117. The van der Waals surface area contributed by atoms with Crippen molar-refractivity contribution in [2.45, 2.75) is 31.2 Å². The normalized spacial score (nSPS) is 16.2. The summed E-state index contributed by atoms with van der Waals surface area (Å²) in [4.78, 5) is 55.0. The van der Waals surface area contributed by atoms with Crippen LogP contribution in [0.15, 0.2) is 87.0 Å². The summed E-state index contributed by atoms with van der Waals surface area (Å²) >= 11 is 2.91. The first-order valence-electron chi connectivity index (χ1n) is 12.1. The summed E-state index contributed by atoms with van der Waals surface area (Å²) < 4.78 is 1.48. The lowest BCUT2D eigenvalue weighted by Crippen LogP contribution is -2.41. The van der Waals surface area contributed by atoms with Crippen LogP contribution in [0.25, 0.3) is 5.65 Å². The van der Waals surface area contributed by atoms with E-state index >= 15 is 0 Å². The second kappa shape index (κ2) is 10.3. The zero-order valence-electron chi connectivity index (χ0n) is 20.1. The number of pyridine rings is 1. The molecule has 2 aliphatic heterocycles. The summed E-state index contributed by atoms with van der Waals surface area (Å²) in [7, 11) is 0. The van der Waals surface area contributed by atoms with Crippen LogP contribution in [-0.4, -0.2) is 43.1 Å². The van der Waals surface area contributed by atoms with Crippen molar-refractivity contribution in [1.82, 2.24) is 19.6 Å². The molecule has 0 radical (unpaired) electrons. The van der Waals surface area contributed by atoms with Gasteiger partial charge in [-0.1, -0.05) is 36.0 Å². The van der Waals surface area contributed by atoms with Gasteiger partial charge in [-0.3, -0.25) is 23.8 Å². The van der Waals surface area contributed by atoms with Crippen molar-refractivity contribution in [3.8, 4) is 0 Å². The number of rotatable bonds is 7. The first-order valence-corrected chi connectivity index (χ1v) is 13.9. The SMILES string of the molecule is O=C(CC[C@H]1N=C2c3ccccc3N=C(SCc3cc(=O)n4ccccc4n3)N2C1=O)NCc1cccs1. The first-order chi connectivity index (χ1) is 18.6. The Balaban J connectivity index is 1.19. The quantitative estimate of drug-likeness (QED) is 0.383. The largest absolute Gasteiger partial charge is 0.351 e. The van der Waals surface area contributed by atoms with Gasteiger partial charge < -0.3 is 5.32 Å². The molecule has 1 atom stereocenters. The van der Waals surface area contributed by atoms with Crippen LogP contribution in [-0.2, 0) is 21.9 Å². The molecular formula is C27H22N6O3S2. The minimum atomic E-state index is -0.669. The van der Waals surface area contributed by atoms with Crippen LogP contribution in [0.4, 0.5) is 5.69 Å². The maximum absolute atomic E-state index is 13.5. The Kier molecular flexibility index (Phi) is 6.61. The minimum Gasteiger partial charge on any atom is -0.351 e. The molecule has 0 fully saturated rings.